The van der Waals surface area contributed by atoms with Gasteiger partial charge in [-0.2, -0.15) is 0 Å². The van der Waals surface area contributed by atoms with Crippen molar-refractivity contribution in [1.29, 1.82) is 0 Å². The molecule has 2 amide bonds. The van der Waals surface area contributed by atoms with Gasteiger partial charge in [0.2, 0.25) is 21.8 Å². The van der Waals surface area contributed by atoms with Crippen LogP contribution in [0.2, 0.25) is 10.0 Å². The maximum Gasteiger partial charge on any atom is 0.243 e. The van der Waals surface area contributed by atoms with Crippen LogP contribution in [0.3, 0.4) is 0 Å². The molecule has 0 radical (unpaired) electrons. The number of rotatable bonds is 16. The first-order chi connectivity index (χ1) is 20.5. The Hall–Kier alpha value is -3.07. The number of sulfonamides is 1. The van der Waals surface area contributed by atoms with Crippen LogP contribution >= 0.6 is 23.2 Å². The molecule has 3 rings (SSSR count). The second kappa shape index (κ2) is 16.7. The molecule has 3 aromatic rings. The number of halogens is 2. The summed E-state index contributed by atoms with van der Waals surface area (Å²) in [6.07, 6.45) is 4.40. The van der Waals surface area contributed by atoms with Crippen molar-refractivity contribution in [3.63, 3.8) is 0 Å². The summed E-state index contributed by atoms with van der Waals surface area (Å²) in [4.78, 5) is 29.1. The van der Waals surface area contributed by atoms with Crippen molar-refractivity contribution >= 4 is 50.7 Å². The molecule has 0 fully saturated rings. The van der Waals surface area contributed by atoms with Crippen LogP contribution in [0.5, 0.6) is 0 Å². The van der Waals surface area contributed by atoms with E-state index in [0.717, 1.165) is 42.2 Å². The monoisotopic (exact) mass is 645 g/mol. The number of nitrogens with zero attached hydrogens (tertiary/aromatic N) is 2. The molecule has 0 unspecified atom stereocenters. The normalized spacial score (nSPS) is 12.0. The Balaban J connectivity index is 1.88. The highest BCUT2D eigenvalue weighted by Gasteiger charge is 2.30. The summed E-state index contributed by atoms with van der Waals surface area (Å²) >= 11 is 12.4. The van der Waals surface area contributed by atoms with Crippen LogP contribution in [0.1, 0.15) is 56.2 Å². The fraction of sp³-hybridized carbons (Fsp3) is 0.394. The van der Waals surface area contributed by atoms with Gasteiger partial charge >= 0.3 is 0 Å². The van der Waals surface area contributed by atoms with E-state index in [1.54, 1.807) is 35.2 Å². The van der Waals surface area contributed by atoms with Gasteiger partial charge in [0.1, 0.15) is 6.04 Å². The zero-order chi connectivity index (χ0) is 31.4. The standard InChI is InChI=1S/C33H41Cl2N3O4S/c1-4-6-20-36-33(40)31(23-26-11-8-7-9-12-26)37(24-27-16-19-29(34)30(35)22-27)32(39)13-10-21-38(43(3,41)42)28-17-14-25(5-2)15-18-28/h7-9,11-12,14-19,22,31H,4-6,10,13,20-21,23-24H2,1-3H3,(H,36,40)/t31-/m1/s1. The summed E-state index contributed by atoms with van der Waals surface area (Å²) in [5, 5.41) is 3.76. The third-order valence-corrected chi connectivity index (χ3v) is 9.16. The zero-order valence-electron chi connectivity index (χ0n) is 25.1. The van der Waals surface area contributed by atoms with E-state index < -0.39 is 16.1 Å². The summed E-state index contributed by atoms with van der Waals surface area (Å²) in [7, 11) is -3.58. The summed E-state index contributed by atoms with van der Waals surface area (Å²) in [5.74, 6) is -0.494. The fourth-order valence-electron chi connectivity index (χ4n) is 4.80. The van der Waals surface area contributed by atoms with Crippen molar-refractivity contribution in [3.8, 4) is 0 Å². The summed E-state index contributed by atoms with van der Waals surface area (Å²) in [6.45, 7) is 4.86. The lowest BCUT2D eigenvalue weighted by molar-refractivity contribution is -0.141. The average Bonchev–Trinajstić information content (AvgIpc) is 2.99. The Labute approximate surface area is 266 Å². The largest absolute Gasteiger partial charge is 0.354 e. The molecule has 0 spiro atoms. The van der Waals surface area contributed by atoms with Gasteiger partial charge in [-0.25, -0.2) is 8.42 Å². The number of carbonyl (C=O) groups is 2. The van der Waals surface area contributed by atoms with Gasteiger partial charge in [0.05, 0.1) is 22.0 Å². The smallest absolute Gasteiger partial charge is 0.243 e. The maximum absolute atomic E-state index is 13.9. The first-order valence-corrected chi connectivity index (χ1v) is 17.3. The van der Waals surface area contributed by atoms with Crippen LogP contribution in [0.15, 0.2) is 72.8 Å². The molecule has 0 bridgehead atoms. The van der Waals surface area contributed by atoms with Crippen molar-refractivity contribution in [2.24, 2.45) is 0 Å². The number of carbonyl (C=O) groups excluding carboxylic acids is 2. The first-order valence-electron chi connectivity index (χ1n) is 14.6. The van der Waals surface area contributed by atoms with E-state index >= 15 is 0 Å². The van der Waals surface area contributed by atoms with E-state index in [1.807, 2.05) is 56.3 Å². The second-order valence-electron chi connectivity index (χ2n) is 10.6. The Kier molecular flexibility index (Phi) is 13.4. The number of benzene rings is 3. The topological polar surface area (TPSA) is 86.8 Å². The minimum absolute atomic E-state index is 0.0495. The van der Waals surface area contributed by atoms with E-state index in [0.29, 0.717) is 28.7 Å². The third-order valence-electron chi connectivity index (χ3n) is 7.22. The number of aryl methyl sites for hydroxylation is 1. The zero-order valence-corrected chi connectivity index (χ0v) is 27.4. The molecule has 0 aromatic heterocycles. The van der Waals surface area contributed by atoms with Crippen molar-refractivity contribution in [3.05, 3.63) is 99.5 Å². The van der Waals surface area contributed by atoms with Crippen LogP contribution in [-0.4, -0.2) is 50.5 Å². The lowest BCUT2D eigenvalue weighted by atomic mass is 10.0. The molecule has 3 aromatic carbocycles. The van der Waals surface area contributed by atoms with Gasteiger partial charge in [-0.3, -0.25) is 13.9 Å². The molecule has 0 aliphatic heterocycles. The van der Waals surface area contributed by atoms with Gasteiger partial charge in [0.25, 0.3) is 0 Å². The molecular formula is C33H41Cl2N3O4S. The highest BCUT2D eigenvalue weighted by atomic mass is 35.5. The van der Waals surface area contributed by atoms with Gasteiger partial charge in [0, 0.05) is 32.5 Å². The van der Waals surface area contributed by atoms with Crippen LogP contribution in [-0.2, 0) is 39.0 Å². The maximum atomic E-state index is 13.9. The molecule has 0 saturated heterocycles. The number of nitrogens with one attached hydrogen (secondary N) is 1. The fourth-order valence-corrected chi connectivity index (χ4v) is 6.08. The van der Waals surface area contributed by atoms with E-state index in [-0.39, 0.29) is 37.7 Å². The number of anilines is 1. The molecule has 1 N–H and O–H groups in total. The molecule has 0 aliphatic rings. The molecule has 43 heavy (non-hydrogen) atoms. The Bertz CT molecular complexity index is 1450. The quantitative estimate of drug-likeness (QED) is 0.177. The molecular weight excluding hydrogens is 605 g/mol. The Morgan fingerprint density at radius 2 is 1.53 bits per heavy atom. The second-order valence-corrected chi connectivity index (χ2v) is 13.3. The molecule has 0 saturated carbocycles. The predicted octanol–water partition coefficient (Wildman–Crippen LogP) is 6.66. The SMILES string of the molecule is CCCCNC(=O)[C@@H](Cc1ccccc1)N(Cc1ccc(Cl)c(Cl)c1)C(=O)CCCN(c1ccc(CC)cc1)S(C)(=O)=O. The minimum atomic E-state index is -3.58. The van der Waals surface area contributed by atoms with Crippen molar-refractivity contribution < 1.29 is 18.0 Å². The molecule has 0 heterocycles. The van der Waals surface area contributed by atoms with Crippen LogP contribution in [0.4, 0.5) is 5.69 Å². The number of unbranched alkanes of at least 4 members (excludes halogenated alkanes) is 1. The lowest BCUT2D eigenvalue weighted by Crippen LogP contribution is -2.50. The van der Waals surface area contributed by atoms with Crippen molar-refractivity contribution in [2.45, 2.75) is 65.0 Å². The van der Waals surface area contributed by atoms with E-state index in [4.69, 9.17) is 23.2 Å². The van der Waals surface area contributed by atoms with Gasteiger partial charge in [-0.1, -0.05) is 92.0 Å². The predicted molar refractivity (Wildman–Crippen MR) is 176 cm³/mol. The average molecular weight is 647 g/mol. The highest BCUT2D eigenvalue weighted by molar-refractivity contribution is 7.92. The molecule has 7 nitrogen and oxygen atoms in total. The van der Waals surface area contributed by atoms with E-state index in [9.17, 15) is 18.0 Å². The molecule has 10 heteroatoms. The number of hydrogen-bond acceptors (Lipinski definition) is 4. The Morgan fingerprint density at radius 3 is 2.14 bits per heavy atom. The van der Waals surface area contributed by atoms with Gasteiger partial charge in [0.15, 0.2) is 0 Å². The minimum Gasteiger partial charge on any atom is -0.354 e. The summed E-state index contributed by atoms with van der Waals surface area (Å²) < 4.78 is 26.7. The highest BCUT2D eigenvalue weighted by Crippen LogP contribution is 2.25. The lowest BCUT2D eigenvalue weighted by Gasteiger charge is -2.32. The summed E-state index contributed by atoms with van der Waals surface area (Å²) in [6, 6.07) is 21.3. The van der Waals surface area contributed by atoms with Gasteiger partial charge in [-0.15, -0.1) is 0 Å². The molecule has 1 atom stereocenters. The van der Waals surface area contributed by atoms with Crippen molar-refractivity contribution in [1.82, 2.24) is 10.2 Å². The van der Waals surface area contributed by atoms with Gasteiger partial charge < -0.3 is 10.2 Å². The third kappa shape index (κ3) is 10.6. The molecule has 0 aliphatic carbocycles. The van der Waals surface area contributed by atoms with Crippen LogP contribution in [0.25, 0.3) is 0 Å². The Morgan fingerprint density at radius 1 is 0.860 bits per heavy atom. The van der Waals surface area contributed by atoms with E-state index in [1.165, 1.54) is 4.31 Å². The van der Waals surface area contributed by atoms with Crippen molar-refractivity contribution in [2.75, 3.05) is 23.7 Å². The van der Waals surface area contributed by atoms with E-state index in [2.05, 4.69) is 5.32 Å². The first kappa shape index (κ1) is 34.4. The molecule has 232 valence electrons. The van der Waals surface area contributed by atoms with Crippen LogP contribution in [0, 0.1) is 0 Å². The van der Waals surface area contributed by atoms with Gasteiger partial charge in [-0.05, 0) is 60.2 Å². The van der Waals surface area contributed by atoms with Crippen LogP contribution < -0.4 is 9.62 Å². The summed E-state index contributed by atoms with van der Waals surface area (Å²) in [5.41, 5.74) is 3.31. The number of hydrogen-bond donors (Lipinski definition) is 1. The number of amides is 2.